The first-order valence-electron chi connectivity index (χ1n) is 9.38. The quantitative estimate of drug-likeness (QED) is 0.261. The summed E-state index contributed by atoms with van der Waals surface area (Å²) in [5.74, 6) is -0.142. The number of ether oxygens (including phenoxy) is 5. The van der Waals surface area contributed by atoms with Gasteiger partial charge in [0.1, 0.15) is 6.61 Å². The summed E-state index contributed by atoms with van der Waals surface area (Å²) >= 11 is 0. The Morgan fingerprint density at radius 1 is 0.680 bits per heavy atom. The molecule has 0 bridgehead atoms. The molecule has 0 fully saturated rings. The summed E-state index contributed by atoms with van der Waals surface area (Å²) in [6.45, 7) is 6.13. The third-order valence-corrected chi connectivity index (χ3v) is 3.33. The first-order valence-corrected chi connectivity index (χ1v) is 9.38. The van der Waals surface area contributed by atoms with Crippen LogP contribution in [0.3, 0.4) is 0 Å². The minimum atomic E-state index is -0.142. The molecule has 0 spiro atoms. The molecule has 0 saturated heterocycles. The number of aliphatic hydroxyl groups excluding tert-OH is 1. The Bertz CT molecular complexity index is 274. The molecule has 0 amide bonds. The zero-order valence-corrected chi connectivity index (χ0v) is 15.7. The Labute approximate surface area is 151 Å². The van der Waals surface area contributed by atoms with E-state index in [0.29, 0.717) is 65.9 Å². The summed E-state index contributed by atoms with van der Waals surface area (Å²) in [5.41, 5.74) is 0. The van der Waals surface area contributed by atoms with Crippen molar-refractivity contribution >= 4 is 5.97 Å². The van der Waals surface area contributed by atoms with E-state index in [1.165, 1.54) is 19.3 Å². The summed E-state index contributed by atoms with van der Waals surface area (Å²) in [5, 5.41) is 8.51. The molecule has 0 aliphatic carbocycles. The van der Waals surface area contributed by atoms with Crippen molar-refractivity contribution in [1.29, 1.82) is 0 Å². The fourth-order valence-corrected chi connectivity index (χ4v) is 1.99. The van der Waals surface area contributed by atoms with Crippen molar-refractivity contribution in [1.82, 2.24) is 0 Å². The van der Waals surface area contributed by atoms with Crippen molar-refractivity contribution in [3.63, 3.8) is 0 Å². The lowest BCUT2D eigenvalue weighted by Gasteiger charge is -2.08. The molecule has 0 saturated carbocycles. The van der Waals surface area contributed by atoms with Crippen molar-refractivity contribution in [3.8, 4) is 0 Å². The van der Waals surface area contributed by atoms with Gasteiger partial charge in [0.05, 0.1) is 59.5 Å². The average molecular weight is 364 g/mol. The average Bonchev–Trinajstić information content (AvgIpc) is 2.62. The highest BCUT2D eigenvalue weighted by Crippen LogP contribution is 2.05. The van der Waals surface area contributed by atoms with Gasteiger partial charge in [0.15, 0.2) is 0 Å². The van der Waals surface area contributed by atoms with E-state index < -0.39 is 0 Å². The Morgan fingerprint density at radius 3 is 1.68 bits per heavy atom. The van der Waals surface area contributed by atoms with Crippen LogP contribution in [0.2, 0.25) is 0 Å². The van der Waals surface area contributed by atoms with Gasteiger partial charge in [-0.1, -0.05) is 32.6 Å². The minimum Gasteiger partial charge on any atom is -0.463 e. The van der Waals surface area contributed by atoms with Gasteiger partial charge in [-0.3, -0.25) is 4.79 Å². The zero-order valence-electron chi connectivity index (χ0n) is 15.7. The maximum atomic E-state index is 11.5. The van der Waals surface area contributed by atoms with Gasteiger partial charge in [-0.2, -0.15) is 0 Å². The summed E-state index contributed by atoms with van der Waals surface area (Å²) in [6.07, 6.45) is 6.13. The van der Waals surface area contributed by atoms with E-state index in [1.54, 1.807) is 0 Å². The predicted molar refractivity (Wildman–Crippen MR) is 94.7 cm³/mol. The first-order chi connectivity index (χ1) is 12.3. The number of rotatable bonds is 20. The second-order valence-corrected chi connectivity index (χ2v) is 5.56. The van der Waals surface area contributed by atoms with E-state index in [9.17, 15) is 4.79 Å². The highest BCUT2D eigenvalue weighted by atomic mass is 16.6. The van der Waals surface area contributed by atoms with Crippen LogP contribution in [0.4, 0.5) is 0 Å². The summed E-state index contributed by atoms with van der Waals surface area (Å²) in [4.78, 5) is 11.5. The molecule has 0 aromatic heterocycles. The fraction of sp³-hybridized carbons (Fsp3) is 0.944. The molecular weight excluding hydrogens is 328 g/mol. The van der Waals surface area contributed by atoms with Crippen molar-refractivity contribution in [3.05, 3.63) is 0 Å². The van der Waals surface area contributed by atoms with Crippen LogP contribution in [0.1, 0.15) is 45.4 Å². The maximum absolute atomic E-state index is 11.5. The topological polar surface area (TPSA) is 83.5 Å². The van der Waals surface area contributed by atoms with Crippen molar-refractivity contribution in [2.24, 2.45) is 0 Å². The molecule has 0 heterocycles. The van der Waals surface area contributed by atoms with Crippen LogP contribution in [-0.4, -0.2) is 77.1 Å². The molecular formula is C18H36O7. The van der Waals surface area contributed by atoms with Gasteiger partial charge in [0.25, 0.3) is 0 Å². The lowest BCUT2D eigenvalue weighted by Crippen LogP contribution is -2.14. The lowest BCUT2D eigenvalue weighted by molar-refractivity contribution is -0.145. The molecule has 0 rings (SSSR count). The standard InChI is InChI=1S/C18H36O7/c1-2-3-4-5-6-7-18(20)25-17-16-24-15-14-23-13-12-22-11-10-21-9-8-19/h19H,2-17H2,1H3. The number of carbonyl (C=O) groups excluding carboxylic acids is 1. The van der Waals surface area contributed by atoms with Gasteiger partial charge in [-0.25, -0.2) is 0 Å². The second-order valence-electron chi connectivity index (χ2n) is 5.56. The molecule has 0 aliphatic rings. The molecule has 0 unspecified atom stereocenters. The minimum absolute atomic E-state index is 0.0291. The number of aliphatic hydroxyl groups is 1. The van der Waals surface area contributed by atoms with E-state index in [1.807, 2.05) is 0 Å². The number of carbonyl (C=O) groups is 1. The number of unbranched alkanes of at least 4 members (excludes halogenated alkanes) is 4. The van der Waals surface area contributed by atoms with Crippen LogP contribution in [0, 0.1) is 0 Å². The van der Waals surface area contributed by atoms with E-state index in [2.05, 4.69) is 6.92 Å². The van der Waals surface area contributed by atoms with Crippen molar-refractivity contribution in [2.75, 3.05) is 66.1 Å². The van der Waals surface area contributed by atoms with Gasteiger partial charge < -0.3 is 28.8 Å². The summed E-state index contributed by atoms with van der Waals surface area (Å²) in [7, 11) is 0. The molecule has 25 heavy (non-hydrogen) atoms. The third kappa shape index (κ3) is 21.2. The fourth-order valence-electron chi connectivity index (χ4n) is 1.99. The molecule has 0 radical (unpaired) electrons. The smallest absolute Gasteiger partial charge is 0.305 e. The zero-order chi connectivity index (χ0) is 18.4. The first kappa shape index (κ1) is 24.3. The third-order valence-electron chi connectivity index (χ3n) is 3.33. The molecule has 0 atom stereocenters. The van der Waals surface area contributed by atoms with Gasteiger partial charge in [0.2, 0.25) is 0 Å². The van der Waals surface area contributed by atoms with Crippen LogP contribution >= 0.6 is 0 Å². The maximum Gasteiger partial charge on any atom is 0.305 e. The number of esters is 1. The van der Waals surface area contributed by atoms with Gasteiger partial charge in [-0.15, -0.1) is 0 Å². The Hall–Kier alpha value is -0.730. The van der Waals surface area contributed by atoms with Gasteiger partial charge >= 0.3 is 5.97 Å². The molecule has 0 aromatic carbocycles. The van der Waals surface area contributed by atoms with Crippen LogP contribution in [0.5, 0.6) is 0 Å². The Morgan fingerprint density at radius 2 is 1.16 bits per heavy atom. The molecule has 150 valence electrons. The molecule has 0 aromatic rings. The molecule has 1 N–H and O–H groups in total. The SMILES string of the molecule is CCCCCCCC(=O)OCCOCCOCCOCCOCCO. The van der Waals surface area contributed by atoms with E-state index >= 15 is 0 Å². The van der Waals surface area contributed by atoms with Crippen molar-refractivity contribution < 1.29 is 33.6 Å². The van der Waals surface area contributed by atoms with E-state index in [-0.39, 0.29) is 12.6 Å². The highest BCUT2D eigenvalue weighted by Gasteiger charge is 2.02. The van der Waals surface area contributed by atoms with Gasteiger partial charge in [-0.05, 0) is 6.42 Å². The molecule has 7 heteroatoms. The van der Waals surface area contributed by atoms with Crippen LogP contribution < -0.4 is 0 Å². The van der Waals surface area contributed by atoms with Gasteiger partial charge in [0, 0.05) is 6.42 Å². The monoisotopic (exact) mass is 364 g/mol. The largest absolute Gasteiger partial charge is 0.463 e. The number of hydrogen-bond donors (Lipinski definition) is 1. The summed E-state index contributed by atoms with van der Waals surface area (Å²) in [6, 6.07) is 0. The lowest BCUT2D eigenvalue weighted by atomic mass is 10.1. The van der Waals surface area contributed by atoms with E-state index in [0.717, 1.165) is 12.8 Å². The summed E-state index contributed by atoms with van der Waals surface area (Å²) < 4.78 is 26.1. The predicted octanol–water partition coefficient (Wildman–Crippen LogP) is 1.95. The molecule has 7 nitrogen and oxygen atoms in total. The Balaban J connectivity index is 3.09. The second kappa shape index (κ2) is 21.3. The highest BCUT2D eigenvalue weighted by molar-refractivity contribution is 5.69. The van der Waals surface area contributed by atoms with Crippen LogP contribution in [0.25, 0.3) is 0 Å². The Kier molecular flexibility index (Phi) is 20.7. The van der Waals surface area contributed by atoms with Crippen LogP contribution in [0.15, 0.2) is 0 Å². The van der Waals surface area contributed by atoms with E-state index in [4.69, 9.17) is 28.8 Å². The molecule has 0 aliphatic heterocycles. The van der Waals surface area contributed by atoms with Crippen molar-refractivity contribution in [2.45, 2.75) is 45.4 Å². The normalized spacial score (nSPS) is 11.0. The number of hydrogen-bond acceptors (Lipinski definition) is 7. The van der Waals surface area contributed by atoms with Crippen LogP contribution in [-0.2, 0) is 28.5 Å².